The van der Waals surface area contributed by atoms with Crippen molar-refractivity contribution in [3.63, 3.8) is 0 Å². The third-order valence-corrected chi connectivity index (χ3v) is 3.10. The molecule has 1 aromatic heterocycles. The van der Waals surface area contributed by atoms with Crippen LogP contribution in [0.4, 0.5) is 0 Å². The lowest BCUT2D eigenvalue weighted by Crippen LogP contribution is -2.38. The van der Waals surface area contributed by atoms with Crippen LogP contribution in [0.2, 0.25) is 0 Å². The predicted octanol–water partition coefficient (Wildman–Crippen LogP) is 1.50. The van der Waals surface area contributed by atoms with E-state index in [4.69, 9.17) is 5.11 Å². The molecular formula is C11H10N2O3S. The summed E-state index contributed by atoms with van der Waals surface area (Å²) in [5.74, 6) is -1.45. The standard InChI is InChI=1S/C11H10N2O3S/c1-6(11(15)16)13-10(14)7-2-3-8-9(4-7)17-5-12-8/h2-6H,1H3,(H,13,14)(H,15,16). The minimum atomic E-state index is -1.06. The van der Waals surface area contributed by atoms with Crippen LogP contribution in [0.5, 0.6) is 0 Å². The highest BCUT2D eigenvalue weighted by atomic mass is 32.1. The minimum Gasteiger partial charge on any atom is -0.480 e. The van der Waals surface area contributed by atoms with Gasteiger partial charge in [0.1, 0.15) is 6.04 Å². The molecule has 0 aliphatic heterocycles. The number of hydrogen-bond donors (Lipinski definition) is 2. The smallest absolute Gasteiger partial charge is 0.325 e. The van der Waals surface area contributed by atoms with Crippen molar-refractivity contribution in [3.05, 3.63) is 29.3 Å². The lowest BCUT2D eigenvalue weighted by Gasteiger charge is -2.08. The number of thiazole rings is 1. The number of carbonyl (C=O) groups excluding carboxylic acids is 1. The van der Waals surface area contributed by atoms with Gasteiger partial charge in [-0.1, -0.05) is 0 Å². The van der Waals surface area contributed by atoms with E-state index < -0.39 is 17.9 Å². The Kier molecular flexibility index (Phi) is 3.06. The number of nitrogens with zero attached hydrogens (tertiary/aromatic N) is 1. The highest BCUT2D eigenvalue weighted by Crippen LogP contribution is 2.18. The lowest BCUT2D eigenvalue weighted by atomic mass is 10.2. The first-order valence-corrected chi connectivity index (χ1v) is 5.83. The Hall–Kier alpha value is -1.95. The molecule has 0 saturated carbocycles. The molecule has 0 aliphatic carbocycles. The Morgan fingerprint density at radius 3 is 2.94 bits per heavy atom. The van der Waals surface area contributed by atoms with Crippen molar-refractivity contribution in [1.29, 1.82) is 0 Å². The fourth-order valence-corrected chi connectivity index (χ4v) is 2.05. The molecule has 1 heterocycles. The topological polar surface area (TPSA) is 79.3 Å². The van der Waals surface area contributed by atoms with Crippen molar-refractivity contribution in [1.82, 2.24) is 10.3 Å². The van der Waals surface area contributed by atoms with E-state index in [1.807, 2.05) is 0 Å². The maximum Gasteiger partial charge on any atom is 0.325 e. The van der Waals surface area contributed by atoms with Gasteiger partial charge in [-0.05, 0) is 25.1 Å². The number of nitrogens with one attached hydrogen (secondary N) is 1. The van der Waals surface area contributed by atoms with Gasteiger partial charge in [0, 0.05) is 5.56 Å². The SMILES string of the molecule is CC(NC(=O)c1ccc2ncsc2c1)C(=O)O. The molecular weight excluding hydrogens is 240 g/mol. The molecule has 2 N–H and O–H groups in total. The number of benzene rings is 1. The van der Waals surface area contributed by atoms with Gasteiger partial charge in [0.2, 0.25) is 0 Å². The first-order chi connectivity index (χ1) is 8.08. The summed E-state index contributed by atoms with van der Waals surface area (Å²) in [4.78, 5) is 26.5. The highest BCUT2D eigenvalue weighted by Gasteiger charge is 2.15. The van der Waals surface area contributed by atoms with Crippen molar-refractivity contribution in [2.75, 3.05) is 0 Å². The zero-order chi connectivity index (χ0) is 12.4. The molecule has 2 rings (SSSR count). The average Bonchev–Trinajstić information content (AvgIpc) is 2.75. The third kappa shape index (κ3) is 2.42. The third-order valence-electron chi connectivity index (χ3n) is 2.31. The van der Waals surface area contributed by atoms with Gasteiger partial charge < -0.3 is 10.4 Å². The summed E-state index contributed by atoms with van der Waals surface area (Å²) < 4.78 is 0.903. The molecule has 2 aromatic rings. The molecule has 0 fully saturated rings. The molecule has 6 heteroatoms. The highest BCUT2D eigenvalue weighted by molar-refractivity contribution is 7.16. The minimum absolute atomic E-state index is 0.393. The number of aliphatic carboxylic acids is 1. The Balaban J connectivity index is 2.21. The quantitative estimate of drug-likeness (QED) is 0.865. The zero-order valence-corrected chi connectivity index (χ0v) is 9.82. The van der Waals surface area contributed by atoms with Gasteiger partial charge in [0.15, 0.2) is 0 Å². The second-order valence-corrected chi connectivity index (χ2v) is 4.45. The van der Waals surface area contributed by atoms with E-state index in [9.17, 15) is 9.59 Å². The zero-order valence-electron chi connectivity index (χ0n) is 9.01. The summed E-state index contributed by atoms with van der Waals surface area (Å²) in [6.07, 6.45) is 0. The van der Waals surface area contributed by atoms with Crippen molar-refractivity contribution in [3.8, 4) is 0 Å². The largest absolute Gasteiger partial charge is 0.480 e. The van der Waals surface area contributed by atoms with Crippen LogP contribution < -0.4 is 5.32 Å². The van der Waals surface area contributed by atoms with Crippen molar-refractivity contribution < 1.29 is 14.7 Å². The second-order valence-electron chi connectivity index (χ2n) is 3.57. The number of hydrogen-bond acceptors (Lipinski definition) is 4. The van der Waals surface area contributed by atoms with Crippen molar-refractivity contribution in [2.45, 2.75) is 13.0 Å². The van der Waals surface area contributed by atoms with E-state index in [0.717, 1.165) is 10.2 Å². The Morgan fingerprint density at radius 2 is 2.24 bits per heavy atom. The van der Waals surface area contributed by atoms with E-state index in [1.165, 1.54) is 18.3 Å². The second kappa shape index (κ2) is 4.50. The fourth-order valence-electron chi connectivity index (χ4n) is 1.34. The Morgan fingerprint density at radius 1 is 1.47 bits per heavy atom. The van der Waals surface area contributed by atoms with Gasteiger partial charge >= 0.3 is 5.97 Å². The maximum absolute atomic E-state index is 11.7. The molecule has 0 radical (unpaired) electrons. The summed E-state index contributed by atoms with van der Waals surface area (Å²) in [5, 5.41) is 11.1. The normalized spacial score (nSPS) is 12.3. The van der Waals surface area contributed by atoms with E-state index in [1.54, 1.807) is 23.7 Å². The molecule has 1 atom stereocenters. The van der Waals surface area contributed by atoms with Crippen LogP contribution in [-0.4, -0.2) is 28.0 Å². The summed E-state index contributed by atoms with van der Waals surface area (Å²) in [7, 11) is 0. The summed E-state index contributed by atoms with van der Waals surface area (Å²) in [6.45, 7) is 1.42. The van der Waals surface area contributed by atoms with Crippen LogP contribution in [0.1, 0.15) is 17.3 Å². The van der Waals surface area contributed by atoms with Crippen molar-refractivity contribution in [2.24, 2.45) is 0 Å². The summed E-state index contributed by atoms with van der Waals surface area (Å²) >= 11 is 1.44. The number of carboxylic acid groups (broad SMARTS) is 1. The maximum atomic E-state index is 11.7. The molecule has 88 valence electrons. The molecule has 1 unspecified atom stereocenters. The van der Waals surface area contributed by atoms with Crippen LogP contribution in [-0.2, 0) is 4.79 Å². The van der Waals surface area contributed by atoms with Gasteiger partial charge in [-0.15, -0.1) is 11.3 Å². The average molecular weight is 250 g/mol. The van der Waals surface area contributed by atoms with Gasteiger partial charge in [0.25, 0.3) is 5.91 Å². The van der Waals surface area contributed by atoms with Crippen LogP contribution in [0.3, 0.4) is 0 Å². The van der Waals surface area contributed by atoms with Crippen LogP contribution in [0.25, 0.3) is 10.2 Å². The molecule has 17 heavy (non-hydrogen) atoms. The first-order valence-electron chi connectivity index (χ1n) is 4.95. The van der Waals surface area contributed by atoms with Crippen molar-refractivity contribution >= 4 is 33.4 Å². The number of carbonyl (C=O) groups is 2. The van der Waals surface area contributed by atoms with E-state index in [2.05, 4.69) is 10.3 Å². The molecule has 0 bridgehead atoms. The van der Waals surface area contributed by atoms with Gasteiger partial charge in [-0.25, -0.2) is 4.98 Å². The fraction of sp³-hybridized carbons (Fsp3) is 0.182. The Bertz CT molecular complexity index is 579. The molecule has 0 spiro atoms. The number of fused-ring (bicyclic) bond motifs is 1. The van der Waals surface area contributed by atoms with E-state index in [-0.39, 0.29) is 0 Å². The Labute approximate surface area is 101 Å². The number of aromatic nitrogens is 1. The molecule has 1 aromatic carbocycles. The van der Waals surface area contributed by atoms with Gasteiger partial charge in [-0.2, -0.15) is 0 Å². The molecule has 0 saturated heterocycles. The number of carboxylic acids is 1. The molecule has 1 amide bonds. The first kappa shape index (κ1) is 11.5. The monoisotopic (exact) mass is 250 g/mol. The van der Waals surface area contributed by atoms with Gasteiger partial charge in [0.05, 0.1) is 15.7 Å². The number of amides is 1. The van der Waals surface area contributed by atoms with Crippen LogP contribution in [0.15, 0.2) is 23.7 Å². The summed E-state index contributed by atoms with van der Waals surface area (Å²) in [5.41, 5.74) is 2.97. The summed E-state index contributed by atoms with van der Waals surface area (Å²) in [6, 6.07) is 4.18. The predicted molar refractivity (Wildman–Crippen MR) is 64.2 cm³/mol. The lowest BCUT2D eigenvalue weighted by molar-refractivity contribution is -0.138. The number of rotatable bonds is 3. The molecule has 5 nitrogen and oxygen atoms in total. The molecule has 0 aliphatic rings. The van der Waals surface area contributed by atoms with E-state index in [0.29, 0.717) is 5.56 Å². The van der Waals surface area contributed by atoms with Crippen LogP contribution in [0, 0.1) is 0 Å². The van der Waals surface area contributed by atoms with E-state index >= 15 is 0 Å². The van der Waals surface area contributed by atoms with Gasteiger partial charge in [-0.3, -0.25) is 9.59 Å². The van der Waals surface area contributed by atoms with Crippen LogP contribution >= 0.6 is 11.3 Å².